The maximum absolute atomic E-state index is 13.3. The number of carbonyl (C=O) groups excluding carboxylic acids is 2. The molecule has 3 rings (SSSR count). The predicted octanol–water partition coefficient (Wildman–Crippen LogP) is 4.89. The van der Waals surface area contributed by atoms with Crippen LogP contribution in [0.4, 0.5) is 13.9 Å². The van der Waals surface area contributed by atoms with Crippen LogP contribution in [0.25, 0.3) is 11.3 Å². The van der Waals surface area contributed by atoms with E-state index in [1.807, 2.05) is 0 Å². The number of rotatable bonds is 7. The molecular weight excluding hydrogens is 420 g/mol. The van der Waals surface area contributed by atoms with E-state index in [2.05, 4.69) is 15.6 Å². The molecule has 0 aliphatic heterocycles. The standard InChI is InChI=1S/C20H16ClF2N3O2S/c21-14-6-3-12(4-7-14)19(28)24-9-1-2-18(27)26-20-25-17(11-29-20)13-5-8-15(22)16(23)10-13/h3-8,10-11H,1-2,9H2,(H,24,28)(H,25,26,27). The Bertz CT molecular complexity index is 1020. The molecule has 5 nitrogen and oxygen atoms in total. The summed E-state index contributed by atoms with van der Waals surface area (Å²) in [5, 5.41) is 7.95. The molecule has 0 bridgehead atoms. The average molecular weight is 436 g/mol. The summed E-state index contributed by atoms with van der Waals surface area (Å²) < 4.78 is 26.4. The first-order chi connectivity index (χ1) is 13.9. The lowest BCUT2D eigenvalue weighted by Crippen LogP contribution is -2.25. The molecule has 0 unspecified atom stereocenters. The number of nitrogens with one attached hydrogen (secondary N) is 2. The lowest BCUT2D eigenvalue weighted by molar-refractivity contribution is -0.116. The Labute approximate surface area is 174 Å². The molecule has 9 heteroatoms. The summed E-state index contributed by atoms with van der Waals surface area (Å²) in [6.07, 6.45) is 0.646. The van der Waals surface area contributed by atoms with Crippen LogP contribution in [0, 0.1) is 11.6 Å². The van der Waals surface area contributed by atoms with Crippen LogP contribution in [0.15, 0.2) is 47.8 Å². The molecule has 0 aliphatic rings. The Morgan fingerprint density at radius 1 is 1.07 bits per heavy atom. The lowest BCUT2D eigenvalue weighted by atomic mass is 10.2. The van der Waals surface area contributed by atoms with Gasteiger partial charge in [0, 0.05) is 34.5 Å². The quantitative estimate of drug-likeness (QED) is 0.519. The fourth-order valence-electron chi connectivity index (χ4n) is 2.46. The molecule has 0 spiro atoms. The first-order valence-corrected chi connectivity index (χ1v) is 9.93. The number of hydrogen-bond acceptors (Lipinski definition) is 4. The average Bonchev–Trinajstić information content (AvgIpc) is 3.16. The molecule has 3 aromatic rings. The van der Waals surface area contributed by atoms with Crippen molar-refractivity contribution < 1.29 is 18.4 Å². The van der Waals surface area contributed by atoms with E-state index in [0.717, 1.165) is 12.1 Å². The summed E-state index contributed by atoms with van der Waals surface area (Å²) in [7, 11) is 0. The van der Waals surface area contributed by atoms with E-state index in [-0.39, 0.29) is 18.2 Å². The summed E-state index contributed by atoms with van der Waals surface area (Å²) in [4.78, 5) is 28.2. The number of amides is 2. The molecule has 0 atom stereocenters. The van der Waals surface area contributed by atoms with Gasteiger partial charge in [0.15, 0.2) is 16.8 Å². The number of anilines is 1. The fraction of sp³-hybridized carbons (Fsp3) is 0.150. The van der Waals surface area contributed by atoms with E-state index < -0.39 is 11.6 Å². The van der Waals surface area contributed by atoms with Gasteiger partial charge in [-0.25, -0.2) is 13.8 Å². The van der Waals surface area contributed by atoms with Crippen LogP contribution in [-0.4, -0.2) is 23.3 Å². The predicted molar refractivity (Wildman–Crippen MR) is 109 cm³/mol. The number of halogens is 3. The highest BCUT2D eigenvalue weighted by Gasteiger charge is 2.11. The second-order valence-corrected chi connectivity index (χ2v) is 7.38. The maximum Gasteiger partial charge on any atom is 0.251 e. The van der Waals surface area contributed by atoms with Gasteiger partial charge in [-0.2, -0.15) is 0 Å². The number of nitrogens with zero attached hydrogens (tertiary/aromatic N) is 1. The normalized spacial score (nSPS) is 10.6. The Hall–Kier alpha value is -2.84. The van der Waals surface area contributed by atoms with Gasteiger partial charge < -0.3 is 10.6 Å². The van der Waals surface area contributed by atoms with Crippen LogP contribution >= 0.6 is 22.9 Å². The smallest absolute Gasteiger partial charge is 0.251 e. The van der Waals surface area contributed by atoms with Crippen LogP contribution < -0.4 is 10.6 Å². The van der Waals surface area contributed by atoms with E-state index in [0.29, 0.717) is 39.9 Å². The van der Waals surface area contributed by atoms with Gasteiger partial charge in [0.25, 0.3) is 5.91 Å². The van der Waals surface area contributed by atoms with Gasteiger partial charge in [0.1, 0.15) is 0 Å². The van der Waals surface area contributed by atoms with Crippen LogP contribution in [0.3, 0.4) is 0 Å². The summed E-state index contributed by atoms with van der Waals surface area (Å²) in [5.41, 5.74) is 1.36. The van der Waals surface area contributed by atoms with Crippen LogP contribution in [0.1, 0.15) is 23.2 Å². The third-order valence-corrected chi connectivity index (χ3v) is 4.95. The van der Waals surface area contributed by atoms with Gasteiger partial charge >= 0.3 is 0 Å². The van der Waals surface area contributed by atoms with Crippen molar-refractivity contribution in [1.82, 2.24) is 10.3 Å². The van der Waals surface area contributed by atoms with Gasteiger partial charge in [-0.15, -0.1) is 11.3 Å². The molecule has 0 saturated carbocycles. The van der Waals surface area contributed by atoms with E-state index in [1.54, 1.807) is 29.6 Å². The van der Waals surface area contributed by atoms with Gasteiger partial charge in [-0.1, -0.05) is 11.6 Å². The number of aromatic nitrogens is 1. The monoisotopic (exact) mass is 435 g/mol. The van der Waals surface area contributed by atoms with Crippen molar-refractivity contribution in [2.24, 2.45) is 0 Å². The van der Waals surface area contributed by atoms with Crippen LogP contribution in [0.2, 0.25) is 5.02 Å². The van der Waals surface area contributed by atoms with Crippen molar-refractivity contribution in [2.75, 3.05) is 11.9 Å². The Kier molecular flexibility index (Phi) is 6.90. The SMILES string of the molecule is O=C(CCCNC(=O)c1ccc(Cl)cc1)Nc1nc(-c2ccc(F)c(F)c2)cs1. The zero-order chi connectivity index (χ0) is 20.8. The molecular formula is C20H16ClF2N3O2S. The molecule has 0 saturated heterocycles. The molecule has 2 N–H and O–H groups in total. The van der Waals surface area contributed by atoms with E-state index in [9.17, 15) is 18.4 Å². The number of thiazole rings is 1. The topological polar surface area (TPSA) is 71.1 Å². The van der Waals surface area contributed by atoms with Crippen LogP contribution in [-0.2, 0) is 4.79 Å². The van der Waals surface area contributed by atoms with Gasteiger partial charge in [0.2, 0.25) is 5.91 Å². The molecule has 0 fully saturated rings. The first-order valence-electron chi connectivity index (χ1n) is 8.67. The second-order valence-electron chi connectivity index (χ2n) is 6.08. The molecule has 0 radical (unpaired) electrons. The largest absolute Gasteiger partial charge is 0.352 e. The number of hydrogen-bond donors (Lipinski definition) is 2. The maximum atomic E-state index is 13.3. The molecule has 29 heavy (non-hydrogen) atoms. The van der Waals surface area contributed by atoms with Gasteiger partial charge in [-0.3, -0.25) is 9.59 Å². The minimum atomic E-state index is -0.957. The minimum absolute atomic E-state index is 0.195. The highest BCUT2D eigenvalue weighted by Crippen LogP contribution is 2.26. The highest BCUT2D eigenvalue weighted by atomic mass is 35.5. The number of benzene rings is 2. The molecule has 150 valence electrons. The molecule has 0 aliphatic carbocycles. The first kappa shape index (κ1) is 20.9. The fourth-order valence-corrected chi connectivity index (χ4v) is 3.32. The molecule has 2 amide bonds. The number of carbonyl (C=O) groups is 2. The Balaban J connectivity index is 1.44. The van der Waals surface area contributed by atoms with Crippen molar-refractivity contribution in [3.8, 4) is 11.3 Å². The zero-order valence-electron chi connectivity index (χ0n) is 15.0. The third kappa shape index (κ3) is 5.82. The molecule has 2 aromatic carbocycles. The zero-order valence-corrected chi connectivity index (χ0v) is 16.6. The van der Waals surface area contributed by atoms with E-state index in [1.165, 1.54) is 17.4 Å². The summed E-state index contributed by atoms with van der Waals surface area (Å²) in [6.45, 7) is 0.340. The van der Waals surface area contributed by atoms with Gasteiger partial charge in [-0.05, 0) is 48.9 Å². The summed E-state index contributed by atoms with van der Waals surface area (Å²) in [5.74, 6) is -2.38. The van der Waals surface area contributed by atoms with Crippen molar-refractivity contribution in [3.05, 3.63) is 70.1 Å². The minimum Gasteiger partial charge on any atom is -0.352 e. The summed E-state index contributed by atoms with van der Waals surface area (Å²) in [6, 6.07) is 10.0. The molecule has 1 heterocycles. The second kappa shape index (κ2) is 9.58. The van der Waals surface area contributed by atoms with E-state index >= 15 is 0 Å². The molecule has 1 aromatic heterocycles. The van der Waals surface area contributed by atoms with Crippen molar-refractivity contribution in [3.63, 3.8) is 0 Å². The van der Waals surface area contributed by atoms with Crippen LogP contribution in [0.5, 0.6) is 0 Å². The Morgan fingerprint density at radius 3 is 2.55 bits per heavy atom. The van der Waals surface area contributed by atoms with E-state index in [4.69, 9.17) is 11.6 Å². The third-order valence-electron chi connectivity index (χ3n) is 3.94. The van der Waals surface area contributed by atoms with Crippen molar-refractivity contribution >= 4 is 39.9 Å². The van der Waals surface area contributed by atoms with Crippen molar-refractivity contribution in [1.29, 1.82) is 0 Å². The van der Waals surface area contributed by atoms with Gasteiger partial charge in [0.05, 0.1) is 5.69 Å². The highest BCUT2D eigenvalue weighted by molar-refractivity contribution is 7.14. The summed E-state index contributed by atoms with van der Waals surface area (Å²) >= 11 is 6.97. The lowest BCUT2D eigenvalue weighted by Gasteiger charge is -2.05. The van der Waals surface area contributed by atoms with Crippen molar-refractivity contribution in [2.45, 2.75) is 12.8 Å². The Morgan fingerprint density at radius 2 is 1.83 bits per heavy atom.